The number of ether oxygens (including phenoxy) is 1. The maximum atomic E-state index is 13.1. The Hall–Kier alpha value is -2.80. The van der Waals surface area contributed by atoms with Gasteiger partial charge in [-0.15, -0.1) is 0 Å². The summed E-state index contributed by atoms with van der Waals surface area (Å²) >= 11 is 6.07. The zero-order chi connectivity index (χ0) is 19.1. The standard InChI is InChI=1S/C18H10ClF3O4/c1-25-17(24)13-6-9-2-5-16(23)26-15(9)8-11(13)12-7-10(18(20,21)22)3-4-14(12)19/h2-8H,1H3. The number of hydrogen-bond acceptors (Lipinski definition) is 4. The van der Waals surface area contributed by atoms with Gasteiger partial charge in [0.25, 0.3) is 0 Å². The molecule has 0 saturated carbocycles. The highest BCUT2D eigenvalue weighted by Gasteiger charge is 2.31. The molecular formula is C18H10ClF3O4. The van der Waals surface area contributed by atoms with Crippen LogP contribution >= 0.6 is 11.6 Å². The number of rotatable bonds is 2. The van der Waals surface area contributed by atoms with Gasteiger partial charge in [-0.05, 0) is 36.4 Å². The average Bonchev–Trinajstić information content (AvgIpc) is 2.59. The average molecular weight is 383 g/mol. The number of benzene rings is 2. The molecule has 0 bridgehead atoms. The Labute approximate surface area is 149 Å². The molecule has 0 aliphatic rings. The van der Waals surface area contributed by atoms with Crippen molar-refractivity contribution in [2.45, 2.75) is 6.18 Å². The zero-order valence-electron chi connectivity index (χ0n) is 13.2. The van der Waals surface area contributed by atoms with Crippen LogP contribution in [0, 0.1) is 0 Å². The summed E-state index contributed by atoms with van der Waals surface area (Å²) in [5.41, 5.74) is -1.43. The molecule has 0 atom stereocenters. The Morgan fingerprint density at radius 3 is 2.46 bits per heavy atom. The Kier molecular flexibility index (Phi) is 4.50. The van der Waals surface area contributed by atoms with Crippen LogP contribution in [0.2, 0.25) is 5.02 Å². The monoisotopic (exact) mass is 382 g/mol. The number of halogens is 4. The van der Waals surface area contributed by atoms with E-state index in [0.29, 0.717) is 5.39 Å². The molecule has 4 nitrogen and oxygen atoms in total. The molecule has 3 aromatic rings. The third kappa shape index (κ3) is 3.30. The van der Waals surface area contributed by atoms with Gasteiger partial charge in [0.05, 0.1) is 18.2 Å². The van der Waals surface area contributed by atoms with Gasteiger partial charge in [-0.1, -0.05) is 11.6 Å². The highest BCUT2D eigenvalue weighted by atomic mass is 35.5. The quantitative estimate of drug-likeness (QED) is 0.466. The third-order valence-electron chi connectivity index (χ3n) is 3.75. The van der Waals surface area contributed by atoms with E-state index in [1.54, 1.807) is 0 Å². The highest BCUT2D eigenvalue weighted by Crippen LogP contribution is 2.38. The summed E-state index contributed by atoms with van der Waals surface area (Å²) in [4.78, 5) is 23.6. The molecule has 0 aliphatic heterocycles. The number of hydrogen-bond donors (Lipinski definition) is 0. The number of fused-ring (bicyclic) bond motifs is 1. The molecule has 2 aromatic carbocycles. The van der Waals surface area contributed by atoms with E-state index in [1.165, 1.54) is 24.3 Å². The summed E-state index contributed by atoms with van der Waals surface area (Å²) < 4.78 is 48.9. The summed E-state index contributed by atoms with van der Waals surface area (Å²) in [5, 5.41) is 0.414. The second-order valence-corrected chi connectivity index (χ2v) is 5.78. The fourth-order valence-electron chi connectivity index (χ4n) is 2.53. The number of carbonyl (C=O) groups is 1. The van der Waals surface area contributed by atoms with Crippen LogP contribution in [0.3, 0.4) is 0 Å². The van der Waals surface area contributed by atoms with Gasteiger partial charge in [-0.25, -0.2) is 9.59 Å². The van der Waals surface area contributed by atoms with E-state index in [-0.39, 0.29) is 27.3 Å². The first-order chi connectivity index (χ1) is 12.2. The molecule has 134 valence electrons. The highest BCUT2D eigenvalue weighted by molar-refractivity contribution is 6.33. The molecular weight excluding hydrogens is 373 g/mol. The first-order valence-corrected chi connectivity index (χ1v) is 7.62. The van der Waals surface area contributed by atoms with Crippen molar-refractivity contribution in [2.75, 3.05) is 7.11 Å². The van der Waals surface area contributed by atoms with E-state index in [4.69, 9.17) is 20.8 Å². The molecule has 0 fully saturated rings. The summed E-state index contributed by atoms with van der Waals surface area (Å²) in [6, 6.07) is 8.03. The topological polar surface area (TPSA) is 56.5 Å². The van der Waals surface area contributed by atoms with Crippen molar-refractivity contribution in [1.29, 1.82) is 0 Å². The van der Waals surface area contributed by atoms with Gasteiger partial charge in [0, 0.05) is 27.6 Å². The van der Waals surface area contributed by atoms with Crippen LogP contribution in [0.1, 0.15) is 15.9 Å². The number of carbonyl (C=O) groups excluding carboxylic acids is 1. The maximum Gasteiger partial charge on any atom is 0.416 e. The van der Waals surface area contributed by atoms with Crippen LogP contribution in [-0.2, 0) is 10.9 Å². The van der Waals surface area contributed by atoms with Gasteiger partial charge in [0.2, 0.25) is 0 Å². The molecule has 0 aliphatic carbocycles. The largest absolute Gasteiger partial charge is 0.465 e. The molecule has 0 spiro atoms. The Morgan fingerprint density at radius 1 is 1.08 bits per heavy atom. The molecule has 0 radical (unpaired) electrons. The molecule has 1 aromatic heterocycles. The van der Waals surface area contributed by atoms with Crippen molar-refractivity contribution < 1.29 is 27.1 Å². The van der Waals surface area contributed by atoms with Crippen molar-refractivity contribution in [3.8, 4) is 11.1 Å². The maximum absolute atomic E-state index is 13.1. The molecule has 0 unspecified atom stereocenters. The zero-order valence-corrected chi connectivity index (χ0v) is 13.9. The predicted molar refractivity (Wildman–Crippen MR) is 89.3 cm³/mol. The van der Waals surface area contributed by atoms with E-state index in [1.807, 2.05) is 0 Å². The minimum atomic E-state index is -4.59. The minimum Gasteiger partial charge on any atom is -0.465 e. The molecule has 3 rings (SSSR count). The SMILES string of the molecule is COC(=O)c1cc2ccc(=O)oc2cc1-c1cc(C(F)(F)F)ccc1Cl. The predicted octanol–water partition coefficient (Wildman–Crippen LogP) is 4.92. The fourth-order valence-corrected chi connectivity index (χ4v) is 2.74. The minimum absolute atomic E-state index is 0.000723. The lowest BCUT2D eigenvalue weighted by molar-refractivity contribution is -0.137. The molecule has 0 saturated heterocycles. The van der Waals surface area contributed by atoms with Crippen molar-refractivity contribution in [3.05, 3.63) is 69.0 Å². The lowest BCUT2D eigenvalue weighted by atomic mass is 9.96. The Balaban J connectivity index is 2.36. The Morgan fingerprint density at radius 2 is 1.81 bits per heavy atom. The van der Waals surface area contributed by atoms with Crippen LogP contribution < -0.4 is 5.63 Å². The van der Waals surface area contributed by atoms with Gasteiger partial charge in [0.1, 0.15) is 5.58 Å². The summed E-state index contributed by atoms with van der Waals surface area (Å²) in [6.45, 7) is 0. The molecule has 8 heteroatoms. The molecule has 0 N–H and O–H groups in total. The van der Waals surface area contributed by atoms with Gasteiger partial charge >= 0.3 is 17.8 Å². The second kappa shape index (κ2) is 6.49. The van der Waals surface area contributed by atoms with Crippen molar-refractivity contribution >= 4 is 28.5 Å². The summed E-state index contributed by atoms with van der Waals surface area (Å²) in [5.74, 6) is -0.762. The normalized spacial score (nSPS) is 11.6. The van der Waals surface area contributed by atoms with E-state index >= 15 is 0 Å². The number of methoxy groups -OCH3 is 1. The molecule has 26 heavy (non-hydrogen) atoms. The van der Waals surface area contributed by atoms with Crippen LogP contribution in [0.25, 0.3) is 22.1 Å². The van der Waals surface area contributed by atoms with E-state index in [2.05, 4.69) is 0 Å². The van der Waals surface area contributed by atoms with Gasteiger partial charge in [-0.3, -0.25) is 0 Å². The van der Waals surface area contributed by atoms with Gasteiger partial charge in [-0.2, -0.15) is 13.2 Å². The van der Waals surface area contributed by atoms with Gasteiger partial charge in [0.15, 0.2) is 0 Å². The number of alkyl halides is 3. The van der Waals surface area contributed by atoms with E-state index < -0.39 is 23.3 Å². The van der Waals surface area contributed by atoms with Gasteiger partial charge < -0.3 is 9.15 Å². The van der Waals surface area contributed by atoms with Crippen LogP contribution in [0.4, 0.5) is 13.2 Å². The van der Waals surface area contributed by atoms with Crippen LogP contribution in [0.5, 0.6) is 0 Å². The van der Waals surface area contributed by atoms with Crippen molar-refractivity contribution in [3.63, 3.8) is 0 Å². The second-order valence-electron chi connectivity index (χ2n) is 5.37. The lowest BCUT2D eigenvalue weighted by Crippen LogP contribution is -2.07. The molecule has 0 amide bonds. The van der Waals surface area contributed by atoms with Crippen LogP contribution in [-0.4, -0.2) is 13.1 Å². The number of esters is 1. The third-order valence-corrected chi connectivity index (χ3v) is 4.08. The summed E-state index contributed by atoms with van der Waals surface area (Å²) in [7, 11) is 1.15. The summed E-state index contributed by atoms with van der Waals surface area (Å²) in [6.07, 6.45) is -4.59. The van der Waals surface area contributed by atoms with E-state index in [9.17, 15) is 22.8 Å². The van der Waals surface area contributed by atoms with Crippen molar-refractivity contribution in [1.82, 2.24) is 0 Å². The Bertz CT molecular complexity index is 1070. The van der Waals surface area contributed by atoms with Crippen molar-refractivity contribution in [2.24, 2.45) is 0 Å². The lowest BCUT2D eigenvalue weighted by Gasteiger charge is -2.14. The molecule has 1 heterocycles. The van der Waals surface area contributed by atoms with Crippen LogP contribution in [0.15, 0.2) is 51.7 Å². The first kappa shape index (κ1) is 18.0. The first-order valence-electron chi connectivity index (χ1n) is 7.24. The van der Waals surface area contributed by atoms with E-state index in [0.717, 1.165) is 25.3 Å². The fraction of sp³-hybridized carbons (Fsp3) is 0.111. The smallest absolute Gasteiger partial charge is 0.416 e.